The zero-order valence-corrected chi connectivity index (χ0v) is 6.15. The maximum Gasteiger partial charge on any atom is 0.324 e. The zero-order chi connectivity index (χ0) is 8.72. The summed E-state index contributed by atoms with van der Waals surface area (Å²) in [7, 11) is 0. The van der Waals surface area contributed by atoms with Gasteiger partial charge in [0.15, 0.2) is 0 Å². The van der Waals surface area contributed by atoms with E-state index in [9.17, 15) is 9.59 Å². The Bertz CT molecular complexity index is 466. The van der Waals surface area contributed by atoms with Gasteiger partial charge in [0, 0.05) is 5.69 Å². The Morgan fingerprint density at radius 3 is 2.33 bits per heavy atom. The van der Waals surface area contributed by atoms with E-state index in [0.29, 0.717) is 11.4 Å². The SMILES string of the molecule is Nc1cccc(-n2c(=O)c2=O)c1. The van der Waals surface area contributed by atoms with Crippen molar-refractivity contribution in [3.05, 3.63) is 45.0 Å². The number of hydrogen-bond donors (Lipinski definition) is 1. The maximum atomic E-state index is 10.7. The molecule has 0 saturated carbocycles. The molecule has 2 aromatic rings. The van der Waals surface area contributed by atoms with Crippen LogP contribution in [0.25, 0.3) is 5.69 Å². The van der Waals surface area contributed by atoms with Gasteiger partial charge in [0.25, 0.3) is 0 Å². The molecule has 1 heterocycles. The Balaban J connectivity index is 2.57. The van der Waals surface area contributed by atoms with Crippen molar-refractivity contribution < 1.29 is 0 Å². The molecule has 1 aromatic heterocycles. The lowest BCUT2D eigenvalue weighted by atomic mass is 10.3. The fraction of sp³-hybridized carbons (Fsp3) is 0. The first-order chi connectivity index (χ1) is 5.70. The van der Waals surface area contributed by atoms with E-state index in [0.717, 1.165) is 4.57 Å². The fourth-order valence-corrected chi connectivity index (χ4v) is 1.03. The van der Waals surface area contributed by atoms with E-state index in [-0.39, 0.29) is 0 Å². The summed E-state index contributed by atoms with van der Waals surface area (Å²) in [4.78, 5) is 21.3. The van der Waals surface area contributed by atoms with E-state index in [4.69, 9.17) is 5.73 Å². The average molecular weight is 162 g/mol. The number of aromatic nitrogens is 1. The molecule has 0 aliphatic carbocycles. The Kier molecular flexibility index (Phi) is 1.18. The van der Waals surface area contributed by atoms with Crippen molar-refractivity contribution in [1.82, 2.24) is 4.57 Å². The Morgan fingerprint density at radius 1 is 1.17 bits per heavy atom. The van der Waals surface area contributed by atoms with Crippen LogP contribution in [0.5, 0.6) is 0 Å². The van der Waals surface area contributed by atoms with E-state index in [1.165, 1.54) is 0 Å². The smallest absolute Gasteiger partial charge is 0.324 e. The topological polar surface area (TPSA) is 65.1 Å². The van der Waals surface area contributed by atoms with Crippen LogP contribution in [-0.4, -0.2) is 4.57 Å². The van der Waals surface area contributed by atoms with Crippen molar-refractivity contribution in [3.8, 4) is 5.69 Å². The van der Waals surface area contributed by atoms with E-state index in [1.54, 1.807) is 24.3 Å². The molecule has 0 bridgehead atoms. The van der Waals surface area contributed by atoms with Crippen molar-refractivity contribution in [1.29, 1.82) is 0 Å². The summed E-state index contributed by atoms with van der Waals surface area (Å²) in [6, 6.07) is 6.65. The highest BCUT2D eigenvalue weighted by Crippen LogP contribution is 2.08. The number of rotatable bonds is 1. The van der Waals surface area contributed by atoms with Crippen LogP contribution in [0.4, 0.5) is 5.69 Å². The van der Waals surface area contributed by atoms with Crippen LogP contribution in [-0.2, 0) is 0 Å². The van der Waals surface area contributed by atoms with Gasteiger partial charge in [-0.2, -0.15) is 0 Å². The third-order valence-electron chi connectivity index (χ3n) is 1.67. The van der Waals surface area contributed by atoms with Gasteiger partial charge in [-0.1, -0.05) is 6.07 Å². The van der Waals surface area contributed by atoms with Gasteiger partial charge in [0.05, 0.1) is 5.69 Å². The van der Waals surface area contributed by atoms with Gasteiger partial charge in [-0.25, -0.2) is 4.57 Å². The molecule has 0 atom stereocenters. The minimum absolute atomic E-state index is 0.472. The molecule has 0 radical (unpaired) electrons. The van der Waals surface area contributed by atoms with E-state index in [1.807, 2.05) is 0 Å². The molecular formula is C8H6N2O2. The highest BCUT2D eigenvalue weighted by molar-refractivity contribution is 5.48. The molecule has 4 heteroatoms. The summed E-state index contributed by atoms with van der Waals surface area (Å²) in [6.07, 6.45) is 0. The number of anilines is 1. The normalized spacial score (nSPS) is 10.7. The lowest BCUT2D eigenvalue weighted by molar-refractivity contribution is 1.17. The molecule has 0 unspecified atom stereocenters. The van der Waals surface area contributed by atoms with Gasteiger partial charge in [-0.3, -0.25) is 9.59 Å². The lowest BCUT2D eigenvalue weighted by Gasteiger charge is -1.94. The van der Waals surface area contributed by atoms with Crippen LogP contribution in [0, 0.1) is 0 Å². The maximum absolute atomic E-state index is 10.7. The molecule has 12 heavy (non-hydrogen) atoms. The lowest BCUT2D eigenvalue weighted by Crippen LogP contribution is -1.93. The van der Waals surface area contributed by atoms with E-state index in [2.05, 4.69) is 0 Å². The van der Waals surface area contributed by atoms with Crippen LogP contribution in [0.1, 0.15) is 0 Å². The monoisotopic (exact) mass is 162 g/mol. The van der Waals surface area contributed by atoms with Gasteiger partial charge < -0.3 is 5.73 Å². The summed E-state index contributed by atoms with van der Waals surface area (Å²) in [5, 5.41) is 0. The van der Waals surface area contributed by atoms with Crippen molar-refractivity contribution in [3.63, 3.8) is 0 Å². The molecule has 0 aliphatic heterocycles. The van der Waals surface area contributed by atoms with Crippen LogP contribution in [0.2, 0.25) is 0 Å². The highest BCUT2D eigenvalue weighted by atomic mass is 16.2. The van der Waals surface area contributed by atoms with Crippen molar-refractivity contribution in [2.45, 2.75) is 0 Å². The Hall–Kier alpha value is -1.84. The summed E-state index contributed by atoms with van der Waals surface area (Å²) < 4.78 is 1.08. The second-order valence-electron chi connectivity index (χ2n) is 2.54. The molecule has 2 rings (SSSR count). The molecule has 0 aliphatic rings. The summed E-state index contributed by atoms with van der Waals surface area (Å²) in [6.45, 7) is 0. The first kappa shape index (κ1) is 6.84. The number of hydrogen-bond acceptors (Lipinski definition) is 3. The number of nitrogens with zero attached hydrogens (tertiary/aromatic N) is 1. The molecule has 0 saturated heterocycles. The van der Waals surface area contributed by atoms with Crippen LogP contribution < -0.4 is 16.9 Å². The second-order valence-corrected chi connectivity index (χ2v) is 2.54. The zero-order valence-electron chi connectivity index (χ0n) is 6.15. The first-order valence-electron chi connectivity index (χ1n) is 3.44. The number of nitrogens with two attached hydrogens (primary N) is 1. The van der Waals surface area contributed by atoms with Crippen molar-refractivity contribution >= 4 is 5.69 Å². The summed E-state index contributed by atoms with van der Waals surface area (Å²) in [5.41, 5.74) is 5.61. The molecule has 2 N–H and O–H groups in total. The minimum Gasteiger partial charge on any atom is -0.399 e. The molecular weight excluding hydrogens is 156 g/mol. The van der Waals surface area contributed by atoms with Gasteiger partial charge in [-0.15, -0.1) is 0 Å². The molecule has 4 nitrogen and oxygen atoms in total. The fourth-order valence-electron chi connectivity index (χ4n) is 1.03. The first-order valence-corrected chi connectivity index (χ1v) is 3.44. The van der Waals surface area contributed by atoms with Crippen molar-refractivity contribution in [2.75, 3.05) is 5.73 Å². The highest BCUT2D eigenvalue weighted by Gasteiger charge is 2.17. The van der Waals surface area contributed by atoms with Gasteiger partial charge in [0.2, 0.25) is 0 Å². The van der Waals surface area contributed by atoms with Crippen molar-refractivity contribution in [2.24, 2.45) is 0 Å². The van der Waals surface area contributed by atoms with Crippen LogP contribution >= 0.6 is 0 Å². The molecule has 60 valence electrons. The van der Waals surface area contributed by atoms with Crippen LogP contribution in [0.15, 0.2) is 33.9 Å². The predicted molar refractivity (Wildman–Crippen MR) is 45.1 cm³/mol. The molecule has 0 spiro atoms. The standard InChI is InChI=1S/C8H6N2O2/c9-5-2-1-3-6(4-5)10-7(11)8(10)12/h1-4H,9H2. The average Bonchev–Trinajstić information content (AvgIpc) is 2.60. The second kappa shape index (κ2) is 2.07. The summed E-state index contributed by atoms with van der Waals surface area (Å²) in [5.74, 6) is 0. The third-order valence-corrected chi connectivity index (χ3v) is 1.67. The predicted octanol–water partition coefficient (Wildman–Crippen LogP) is -0.345. The van der Waals surface area contributed by atoms with Gasteiger partial charge in [-0.05, 0) is 18.2 Å². The Labute approximate surface area is 67.5 Å². The quantitative estimate of drug-likeness (QED) is 0.460. The van der Waals surface area contributed by atoms with Gasteiger partial charge in [0.1, 0.15) is 0 Å². The number of nitrogen functional groups attached to an aromatic ring is 1. The molecule has 0 amide bonds. The number of benzene rings is 1. The summed E-state index contributed by atoms with van der Waals surface area (Å²) >= 11 is 0. The third kappa shape index (κ3) is 0.852. The largest absolute Gasteiger partial charge is 0.399 e. The van der Waals surface area contributed by atoms with E-state index < -0.39 is 11.1 Å². The minimum atomic E-state index is -0.472. The van der Waals surface area contributed by atoms with Crippen LogP contribution in [0.3, 0.4) is 0 Å². The Morgan fingerprint density at radius 2 is 1.83 bits per heavy atom. The molecule has 0 fully saturated rings. The molecule has 1 aromatic carbocycles. The van der Waals surface area contributed by atoms with Gasteiger partial charge >= 0.3 is 11.1 Å². The van der Waals surface area contributed by atoms with E-state index >= 15 is 0 Å².